The fourth-order valence-electron chi connectivity index (χ4n) is 8.68. The van der Waals surface area contributed by atoms with Gasteiger partial charge >= 0.3 is 17.9 Å². The third-order valence-corrected chi connectivity index (χ3v) is 13.0. The Morgan fingerprint density at radius 1 is 0.297 bits per heavy atom. The normalized spacial score (nSPS) is 12.0. The fourth-order valence-corrected chi connectivity index (χ4v) is 8.68. The average molecular weight is 904 g/mol. The third kappa shape index (κ3) is 51.1. The van der Waals surface area contributed by atoms with Gasteiger partial charge in [0.05, 0.1) is 0 Å². The highest BCUT2D eigenvalue weighted by atomic mass is 16.6. The first-order chi connectivity index (χ1) is 31.5. The highest BCUT2D eigenvalue weighted by Crippen LogP contribution is 2.17. The van der Waals surface area contributed by atoms with E-state index in [4.69, 9.17) is 14.2 Å². The van der Waals surface area contributed by atoms with Crippen LogP contribution in [0.1, 0.15) is 323 Å². The number of allylic oxidation sites excluding steroid dienone is 2. The topological polar surface area (TPSA) is 78.9 Å². The average Bonchev–Trinajstić information content (AvgIpc) is 3.29. The van der Waals surface area contributed by atoms with Crippen molar-refractivity contribution in [3.8, 4) is 0 Å². The highest BCUT2D eigenvalue weighted by molar-refractivity contribution is 5.71. The first-order valence-corrected chi connectivity index (χ1v) is 28.7. The monoisotopic (exact) mass is 903 g/mol. The molecule has 6 heteroatoms. The van der Waals surface area contributed by atoms with Gasteiger partial charge in [0, 0.05) is 19.3 Å². The van der Waals surface area contributed by atoms with Crippen LogP contribution < -0.4 is 0 Å². The van der Waals surface area contributed by atoms with Crippen molar-refractivity contribution >= 4 is 17.9 Å². The van der Waals surface area contributed by atoms with E-state index in [-0.39, 0.29) is 31.1 Å². The van der Waals surface area contributed by atoms with Gasteiger partial charge in [-0.25, -0.2) is 0 Å². The van der Waals surface area contributed by atoms with E-state index in [1.54, 1.807) is 0 Å². The zero-order valence-electron chi connectivity index (χ0n) is 43.3. The summed E-state index contributed by atoms with van der Waals surface area (Å²) in [4.78, 5) is 37.6. The van der Waals surface area contributed by atoms with Gasteiger partial charge in [0.15, 0.2) is 6.10 Å². The van der Waals surface area contributed by atoms with E-state index >= 15 is 0 Å². The van der Waals surface area contributed by atoms with Gasteiger partial charge in [-0.15, -0.1) is 0 Å². The van der Waals surface area contributed by atoms with E-state index in [2.05, 4.69) is 32.9 Å². The largest absolute Gasteiger partial charge is 0.462 e. The Labute approximate surface area is 399 Å². The molecule has 0 aliphatic heterocycles. The van der Waals surface area contributed by atoms with Gasteiger partial charge in [0.1, 0.15) is 13.2 Å². The van der Waals surface area contributed by atoms with Crippen LogP contribution >= 0.6 is 0 Å². The molecule has 0 amide bonds. The summed E-state index contributed by atoms with van der Waals surface area (Å²) in [5.74, 6) is -0.860. The van der Waals surface area contributed by atoms with Crippen molar-refractivity contribution in [2.45, 2.75) is 329 Å². The first kappa shape index (κ1) is 62.1. The third-order valence-electron chi connectivity index (χ3n) is 13.0. The Morgan fingerprint density at radius 3 is 0.781 bits per heavy atom. The van der Waals surface area contributed by atoms with Gasteiger partial charge in [-0.05, 0) is 44.9 Å². The molecule has 64 heavy (non-hydrogen) atoms. The van der Waals surface area contributed by atoms with Crippen LogP contribution in [-0.2, 0) is 28.6 Å². The van der Waals surface area contributed by atoms with Gasteiger partial charge in [-0.2, -0.15) is 0 Å². The lowest BCUT2D eigenvalue weighted by molar-refractivity contribution is -0.167. The number of hydrogen-bond acceptors (Lipinski definition) is 6. The van der Waals surface area contributed by atoms with Crippen molar-refractivity contribution in [2.24, 2.45) is 0 Å². The minimum absolute atomic E-state index is 0.0647. The van der Waals surface area contributed by atoms with E-state index in [9.17, 15) is 14.4 Å². The molecule has 0 aromatic carbocycles. The molecule has 0 saturated heterocycles. The second-order valence-corrected chi connectivity index (χ2v) is 19.6. The summed E-state index contributed by atoms with van der Waals surface area (Å²) in [5.41, 5.74) is 0. The van der Waals surface area contributed by atoms with E-state index in [1.807, 2.05) is 0 Å². The van der Waals surface area contributed by atoms with Gasteiger partial charge in [-0.3, -0.25) is 14.4 Å². The zero-order chi connectivity index (χ0) is 46.5. The van der Waals surface area contributed by atoms with Crippen molar-refractivity contribution < 1.29 is 28.6 Å². The molecule has 1 unspecified atom stereocenters. The van der Waals surface area contributed by atoms with E-state index in [1.165, 1.54) is 225 Å². The molecule has 0 aliphatic rings. The van der Waals surface area contributed by atoms with Crippen LogP contribution in [0.4, 0.5) is 0 Å². The molecule has 6 nitrogen and oxygen atoms in total. The summed E-state index contributed by atoms with van der Waals surface area (Å²) in [5, 5.41) is 0. The number of hydrogen-bond donors (Lipinski definition) is 0. The molecule has 0 N–H and O–H groups in total. The molecular formula is C58H110O6. The molecule has 0 heterocycles. The predicted octanol–water partition coefficient (Wildman–Crippen LogP) is 18.9. The fraction of sp³-hybridized carbons (Fsp3) is 0.914. The molecule has 1 atom stereocenters. The number of carbonyl (C=O) groups is 3. The van der Waals surface area contributed by atoms with Crippen LogP contribution in [0.3, 0.4) is 0 Å². The molecule has 0 spiro atoms. The van der Waals surface area contributed by atoms with Gasteiger partial charge in [-0.1, -0.05) is 270 Å². The standard InChI is InChI=1S/C58H110O6/c1-4-7-10-13-16-18-19-20-21-22-23-24-25-26-27-28-29-30-31-32-33-34-35-36-37-38-39-40-43-45-48-51-57(60)63-54-55(53-62-56(59)50-47-44-41-15-12-9-6-3)64-58(61)52-49-46-42-17-14-11-8-5-2/h22-23,55H,4-21,24-54H2,1-3H3/b23-22-. The second kappa shape index (κ2) is 53.8. The lowest BCUT2D eigenvalue weighted by Crippen LogP contribution is -2.30. The lowest BCUT2D eigenvalue weighted by Gasteiger charge is -2.18. The number of rotatable bonds is 53. The predicted molar refractivity (Wildman–Crippen MR) is 275 cm³/mol. The Kier molecular flexibility index (Phi) is 52.2. The number of carbonyl (C=O) groups excluding carboxylic acids is 3. The Morgan fingerprint density at radius 2 is 0.516 bits per heavy atom. The SMILES string of the molecule is CCCCCCCCCC/C=C\CCCCCCCCCCCCCCCCCCCCCC(=O)OCC(COC(=O)CCCCCCCCC)OC(=O)CCCCCCCCCC. The van der Waals surface area contributed by atoms with Gasteiger partial charge < -0.3 is 14.2 Å². The van der Waals surface area contributed by atoms with Crippen LogP contribution in [0.15, 0.2) is 12.2 Å². The second-order valence-electron chi connectivity index (χ2n) is 19.6. The van der Waals surface area contributed by atoms with Gasteiger partial charge in [0.25, 0.3) is 0 Å². The number of unbranched alkanes of at least 4 members (excludes halogenated alkanes) is 40. The molecule has 0 fully saturated rings. The summed E-state index contributed by atoms with van der Waals surface area (Å²) < 4.78 is 16.7. The van der Waals surface area contributed by atoms with E-state index in [0.717, 1.165) is 57.8 Å². The maximum Gasteiger partial charge on any atom is 0.306 e. The van der Waals surface area contributed by atoms with E-state index in [0.29, 0.717) is 19.3 Å². The maximum atomic E-state index is 12.6. The summed E-state index contributed by atoms with van der Waals surface area (Å²) in [6.07, 6.45) is 61.3. The van der Waals surface area contributed by atoms with Crippen molar-refractivity contribution in [2.75, 3.05) is 13.2 Å². The van der Waals surface area contributed by atoms with Gasteiger partial charge in [0.2, 0.25) is 0 Å². The quantitative estimate of drug-likeness (QED) is 0.0262. The molecule has 0 saturated carbocycles. The molecule has 0 aromatic rings. The van der Waals surface area contributed by atoms with Crippen LogP contribution in [0, 0.1) is 0 Å². The maximum absolute atomic E-state index is 12.6. The molecule has 378 valence electrons. The van der Waals surface area contributed by atoms with E-state index < -0.39 is 6.10 Å². The van der Waals surface area contributed by atoms with Crippen molar-refractivity contribution in [1.82, 2.24) is 0 Å². The highest BCUT2D eigenvalue weighted by Gasteiger charge is 2.19. The zero-order valence-corrected chi connectivity index (χ0v) is 43.3. The molecule has 0 aromatic heterocycles. The number of ether oxygens (including phenoxy) is 3. The smallest absolute Gasteiger partial charge is 0.306 e. The first-order valence-electron chi connectivity index (χ1n) is 28.7. The van der Waals surface area contributed by atoms with Crippen molar-refractivity contribution in [3.05, 3.63) is 12.2 Å². The summed E-state index contributed by atoms with van der Waals surface area (Å²) >= 11 is 0. The lowest BCUT2D eigenvalue weighted by atomic mass is 10.0. The minimum atomic E-state index is -0.759. The molecule has 0 aliphatic carbocycles. The summed E-state index contributed by atoms with van der Waals surface area (Å²) in [6, 6.07) is 0. The Balaban J connectivity index is 3.84. The van der Waals surface area contributed by atoms with Crippen LogP contribution in [-0.4, -0.2) is 37.2 Å². The van der Waals surface area contributed by atoms with Crippen LogP contribution in [0.5, 0.6) is 0 Å². The molecule has 0 radical (unpaired) electrons. The Bertz CT molecular complexity index is 993. The summed E-state index contributed by atoms with van der Waals surface area (Å²) in [6.45, 7) is 6.60. The summed E-state index contributed by atoms with van der Waals surface area (Å²) in [7, 11) is 0. The van der Waals surface area contributed by atoms with Crippen LogP contribution in [0.25, 0.3) is 0 Å². The van der Waals surface area contributed by atoms with Crippen molar-refractivity contribution in [1.29, 1.82) is 0 Å². The molecule has 0 bridgehead atoms. The minimum Gasteiger partial charge on any atom is -0.462 e. The molecular weight excluding hydrogens is 793 g/mol. The number of esters is 3. The Hall–Kier alpha value is -1.85. The van der Waals surface area contributed by atoms with Crippen molar-refractivity contribution in [3.63, 3.8) is 0 Å². The van der Waals surface area contributed by atoms with Crippen LogP contribution in [0.2, 0.25) is 0 Å². The molecule has 0 rings (SSSR count).